The molecule has 3 N–H and O–H groups in total. The molecular weight excluding hydrogens is 420 g/mol. The van der Waals surface area contributed by atoms with Crippen LogP contribution in [-0.4, -0.2) is 45.1 Å². The average molecular weight is 459 g/mol. The zero-order valence-corrected chi connectivity index (χ0v) is 20.5. The molecule has 6 heteroatoms. The summed E-state index contributed by atoms with van der Waals surface area (Å²) < 4.78 is 0. The van der Waals surface area contributed by atoms with Crippen LogP contribution in [0.2, 0.25) is 0 Å². The van der Waals surface area contributed by atoms with E-state index in [-0.39, 0.29) is 49.1 Å². The van der Waals surface area contributed by atoms with Crippen LogP contribution in [0.25, 0.3) is 0 Å². The van der Waals surface area contributed by atoms with E-state index in [0.717, 1.165) is 0 Å². The van der Waals surface area contributed by atoms with Gasteiger partial charge in [0.05, 0.1) is 17.6 Å². The number of fused-ring (bicyclic) bond motifs is 4. The minimum absolute atomic E-state index is 0.00248. The summed E-state index contributed by atoms with van der Waals surface area (Å²) in [5.41, 5.74) is -0.796. The summed E-state index contributed by atoms with van der Waals surface area (Å²) in [6.07, 6.45) is 0.828. The van der Waals surface area contributed by atoms with E-state index < -0.39 is 39.8 Å². The van der Waals surface area contributed by atoms with Crippen molar-refractivity contribution >= 4 is 17.5 Å². The number of aliphatic hydroxyl groups is 2. The molecule has 0 saturated heterocycles. The summed E-state index contributed by atoms with van der Waals surface area (Å²) in [6, 6.07) is 0. The average Bonchev–Trinajstić information content (AvgIpc) is 2.92. The molecule has 0 aromatic heterocycles. The third kappa shape index (κ3) is 3.02. The number of carbonyl (C=O) groups is 3. The molecule has 0 heterocycles. The van der Waals surface area contributed by atoms with Gasteiger partial charge >= 0.3 is 5.97 Å². The molecule has 33 heavy (non-hydrogen) atoms. The van der Waals surface area contributed by atoms with Gasteiger partial charge in [0.1, 0.15) is 5.78 Å². The number of Topliss-reactive ketones (excluding diaryl/α,β-unsaturated/α-hetero) is 2. The van der Waals surface area contributed by atoms with Crippen LogP contribution in [0, 0.1) is 33.5 Å². The van der Waals surface area contributed by atoms with Crippen LogP contribution in [0.1, 0.15) is 79.6 Å². The largest absolute Gasteiger partial charge is 0.481 e. The van der Waals surface area contributed by atoms with Crippen molar-refractivity contribution in [1.29, 1.82) is 0 Å². The van der Waals surface area contributed by atoms with Crippen molar-refractivity contribution < 1.29 is 29.7 Å². The normalized spacial score (nSPS) is 44.2. The van der Waals surface area contributed by atoms with Gasteiger partial charge in [0.25, 0.3) is 0 Å². The van der Waals surface area contributed by atoms with Crippen molar-refractivity contribution in [3.63, 3.8) is 0 Å². The molecule has 6 nitrogen and oxygen atoms in total. The molecule has 0 bridgehead atoms. The number of hydrogen-bond acceptors (Lipinski definition) is 5. The Morgan fingerprint density at radius 2 is 1.73 bits per heavy atom. The molecule has 7 atom stereocenters. The van der Waals surface area contributed by atoms with Gasteiger partial charge in [-0.25, -0.2) is 0 Å². The molecule has 2 saturated carbocycles. The number of hydrogen-bond donors (Lipinski definition) is 3. The molecule has 1 unspecified atom stereocenters. The van der Waals surface area contributed by atoms with Gasteiger partial charge in [0.15, 0.2) is 5.78 Å². The van der Waals surface area contributed by atoms with Crippen LogP contribution in [0.4, 0.5) is 0 Å². The van der Waals surface area contributed by atoms with Crippen LogP contribution >= 0.6 is 0 Å². The van der Waals surface area contributed by atoms with Crippen LogP contribution in [-0.2, 0) is 14.4 Å². The first-order valence-corrected chi connectivity index (χ1v) is 12.2. The highest BCUT2D eigenvalue weighted by molar-refractivity contribution is 6.05. The molecular formula is C27H38O6. The highest BCUT2D eigenvalue weighted by Gasteiger charge is 2.69. The molecule has 0 aromatic carbocycles. The number of ketones is 2. The zero-order valence-electron chi connectivity index (χ0n) is 20.5. The standard InChI is InChI=1S/C27H38O6/c1-14(7-8-21(32)33)15-11-20(31)27(6)23-16(28)12-18-24(2,3)19(30)9-10-25(18,4)22(23)17(29)13-26(15,27)5/h15-16,18-19,28,30H,1,7-13H2,2-6H3,(H,32,33)/t15-,16+,18?,19+,25+,26-,27+/m1/s1. The Kier molecular flexibility index (Phi) is 5.42. The lowest BCUT2D eigenvalue weighted by atomic mass is 9.42. The topological polar surface area (TPSA) is 112 Å². The van der Waals surface area contributed by atoms with Crippen molar-refractivity contribution in [3.8, 4) is 0 Å². The SMILES string of the molecule is C=C(CCC(=O)O)[C@H]1CC(=O)[C@@]2(C)C3=C(C(=O)C[C@]12C)[C@@]1(C)CC[C@H](O)C(C)(C)C1C[C@@H]3O. The van der Waals surface area contributed by atoms with Crippen molar-refractivity contribution in [2.45, 2.75) is 91.8 Å². The number of rotatable bonds is 4. The molecule has 4 rings (SSSR count). The number of carboxylic acid groups (broad SMARTS) is 1. The fourth-order valence-corrected chi connectivity index (χ4v) is 8.26. The van der Waals surface area contributed by atoms with Crippen molar-refractivity contribution in [2.24, 2.45) is 33.5 Å². The highest BCUT2D eigenvalue weighted by Crippen LogP contribution is 2.70. The lowest BCUT2D eigenvalue weighted by Gasteiger charge is -2.61. The number of allylic oxidation sites excluding steroid dienone is 2. The summed E-state index contributed by atoms with van der Waals surface area (Å²) in [6.45, 7) is 14.1. The van der Waals surface area contributed by atoms with Crippen LogP contribution in [0.3, 0.4) is 0 Å². The van der Waals surface area contributed by atoms with Crippen molar-refractivity contribution in [2.75, 3.05) is 0 Å². The summed E-state index contributed by atoms with van der Waals surface area (Å²) in [4.78, 5) is 38.7. The Hall–Kier alpha value is -1.79. The van der Waals surface area contributed by atoms with E-state index in [0.29, 0.717) is 36.0 Å². The van der Waals surface area contributed by atoms with Crippen molar-refractivity contribution in [1.82, 2.24) is 0 Å². The summed E-state index contributed by atoms with van der Waals surface area (Å²) in [5, 5.41) is 31.3. The summed E-state index contributed by atoms with van der Waals surface area (Å²) in [7, 11) is 0. The number of aliphatic hydroxyl groups excluding tert-OH is 2. The molecule has 0 spiro atoms. The van der Waals surface area contributed by atoms with Gasteiger partial charge in [0, 0.05) is 24.8 Å². The Balaban J connectivity index is 1.86. The molecule has 0 amide bonds. The summed E-state index contributed by atoms with van der Waals surface area (Å²) >= 11 is 0. The molecule has 182 valence electrons. The van der Waals surface area contributed by atoms with Gasteiger partial charge in [-0.15, -0.1) is 0 Å². The maximum absolute atomic E-state index is 13.9. The van der Waals surface area contributed by atoms with Gasteiger partial charge in [-0.1, -0.05) is 39.8 Å². The van der Waals surface area contributed by atoms with E-state index in [2.05, 4.69) is 13.5 Å². The van der Waals surface area contributed by atoms with Crippen molar-refractivity contribution in [3.05, 3.63) is 23.3 Å². The zero-order chi connectivity index (χ0) is 24.7. The Morgan fingerprint density at radius 3 is 2.33 bits per heavy atom. The smallest absolute Gasteiger partial charge is 0.303 e. The van der Waals surface area contributed by atoms with Crippen LogP contribution < -0.4 is 0 Å². The number of carboxylic acids is 1. The van der Waals surface area contributed by atoms with E-state index >= 15 is 0 Å². The fourth-order valence-electron chi connectivity index (χ4n) is 8.26. The van der Waals surface area contributed by atoms with E-state index in [9.17, 15) is 24.6 Å². The van der Waals surface area contributed by atoms with Gasteiger partial charge in [0.2, 0.25) is 0 Å². The molecule has 0 aliphatic heterocycles. The van der Waals surface area contributed by atoms with E-state index in [1.165, 1.54) is 0 Å². The second-order valence-corrected chi connectivity index (χ2v) is 12.3. The maximum Gasteiger partial charge on any atom is 0.303 e. The van der Waals surface area contributed by atoms with Gasteiger partial charge in [-0.2, -0.15) is 0 Å². The Labute approximate surface area is 196 Å². The third-order valence-electron chi connectivity index (χ3n) is 10.5. The van der Waals surface area contributed by atoms with Gasteiger partial charge in [-0.3, -0.25) is 14.4 Å². The highest BCUT2D eigenvalue weighted by atomic mass is 16.4. The molecule has 4 aliphatic carbocycles. The second kappa shape index (κ2) is 7.35. The minimum Gasteiger partial charge on any atom is -0.481 e. The Morgan fingerprint density at radius 1 is 1.09 bits per heavy atom. The minimum atomic E-state index is -0.999. The quantitative estimate of drug-likeness (QED) is 0.552. The fraction of sp³-hybridized carbons (Fsp3) is 0.741. The summed E-state index contributed by atoms with van der Waals surface area (Å²) in [5.74, 6) is -1.30. The monoisotopic (exact) mass is 458 g/mol. The third-order valence-corrected chi connectivity index (χ3v) is 10.5. The lowest BCUT2D eigenvalue weighted by molar-refractivity contribution is -0.141. The van der Waals surface area contributed by atoms with Crippen LogP contribution in [0.5, 0.6) is 0 Å². The first kappa shape index (κ1) is 24.3. The molecule has 4 aliphatic rings. The number of carbonyl (C=O) groups excluding carboxylic acids is 2. The predicted molar refractivity (Wildman–Crippen MR) is 123 cm³/mol. The molecule has 2 fully saturated rings. The van der Waals surface area contributed by atoms with Gasteiger partial charge < -0.3 is 15.3 Å². The molecule has 0 radical (unpaired) electrons. The number of aliphatic carboxylic acids is 1. The predicted octanol–water partition coefficient (Wildman–Crippen LogP) is 3.85. The Bertz CT molecular complexity index is 975. The second-order valence-electron chi connectivity index (χ2n) is 12.3. The maximum atomic E-state index is 13.9. The first-order chi connectivity index (χ1) is 15.1. The molecule has 0 aromatic rings. The lowest BCUT2D eigenvalue weighted by Crippen LogP contribution is -2.60. The van der Waals surface area contributed by atoms with E-state index in [4.69, 9.17) is 5.11 Å². The van der Waals surface area contributed by atoms with E-state index in [1.54, 1.807) is 0 Å². The van der Waals surface area contributed by atoms with E-state index in [1.807, 2.05) is 27.7 Å². The van der Waals surface area contributed by atoms with Gasteiger partial charge in [-0.05, 0) is 66.3 Å². The van der Waals surface area contributed by atoms with Crippen LogP contribution in [0.15, 0.2) is 23.3 Å². The first-order valence-electron chi connectivity index (χ1n) is 12.2.